The number of nitrogens with zero attached hydrogens (tertiary/aromatic N) is 5. The van der Waals surface area contributed by atoms with Gasteiger partial charge in [0.05, 0.1) is 0 Å². The van der Waals surface area contributed by atoms with Crippen LogP contribution >= 0.6 is 11.6 Å². The molecule has 6 nitrogen and oxygen atoms in total. The number of hydrogen-bond acceptors (Lipinski definition) is 4. The normalized spacial score (nSPS) is 11.0. The Morgan fingerprint density at radius 3 is 2.50 bits per heavy atom. The first-order chi connectivity index (χ1) is 14.5. The third-order valence-corrected chi connectivity index (χ3v) is 5.43. The molecule has 0 aliphatic rings. The average molecular weight is 420 g/mol. The Morgan fingerprint density at radius 2 is 1.77 bits per heavy atom. The highest BCUT2D eigenvalue weighted by atomic mass is 35.5. The van der Waals surface area contributed by atoms with Crippen molar-refractivity contribution in [3.63, 3.8) is 0 Å². The van der Waals surface area contributed by atoms with Gasteiger partial charge in [0, 0.05) is 34.1 Å². The van der Waals surface area contributed by atoms with Crippen LogP contribution in [-0.4, -0.2) is 30.6 Å². The van der Waals surface area contributed by atoms with Crippen LogP contribution in [0.25, 0.3) is 11.4 Å². The third-order valence-electron chi connectivity index (χ3n) is 5.18. The van der Waals surface area contributed by atoms with Crippen LogP contribution in [0.1, 0.15) is 27.3 Å². The van der Waals surface area contributed by atoms with Gasteiger partial charge in [-0.3, -0.25) is 4.79 Å². The molecule has 0 bridgehead atoms. The number of carbonyl (C=O) groups is 1. The predicted molar refractivity (Wildman–Crippen MR) is 117 cm³/mol. The number of tetrazole rings is 1. The molecule has 7 heteroatoms. The Hall–Kier alpha value is -3.25. The molecule has 4 aromatic rings. The zero-order chi connectivity index (χ0) is 21.1. The summed E-state index contributed by atoms with van der Waals surface area (Å²) >= 11 is 5.96. The van der Waals surface area contributed by atoms with Crippen molar-refractivity contribution >= 4 is 17.4 Å². The van der Waals surface area contributed by atoms with Crippen molar-refractivity contribution in [3.8, 4) is 11.4 Å². The van der Waals surface area contributed by atoms with Gasteiger partial charge in [0.1, 0.15) is 6.54 Å². The van der Waals surface area contributed by atoms with Crippen LogP contribution in [0.2, 0.25) is 5.02 Å². The lowest BCUT2D eigenvalue weighted by atomic mass is 10.1. The Labute approximate surface area is 180 Å². The fourth-order valence-electron chi connectivity index (χ4n) is 3.55. The molecular weight excluding hydrogens is 398 g/mol. The maximum absolute atomic E-state index is 12.9. The van der Waals surface area contributed by atoms with Crippen LogP contribution in [0.3, 0.4) is 0 Å². The molecule has 0 saturated carbocycles. The second-order valence-corrected chi connectivity index (χ2v) is 7.68. The number of carbonyl (C=O) groups excluding carboxylic acids is 1. The van der Waals surface area contributed by atoms with Crippen molar-refractivity contribution in [1.29, 1.82) is 0 Å². The van der Waals surface area contributed by atoms with E-state index in [0.29, 0.717) is 11.4 Å². The zero-order valence-electron chi connectivity index (χ0n) is 16.9. The first-order valence-electron chi connectivity index (χ1n) is 9.79. The summed E-state index contributed by atoms with van der Waals surface area (Å²) in [5.74, 6) is 0.481. The molecule has 0 atom stereocenters. The van der Waals surface area contributed by atoms with Crippen molar-refractivity contribution in [2.75, 3.05) is 0 Å². The number of aromatic nitrogens is 5. The van der Waals surface area contributed by atoms with Gasteiger partial charge in [0.2, 0.25) is 5.82 Å². The summed E-state index contributed by atoms with van der Waals surface area (Å²) in [6.07, 6.45) is 0.867. The molecule has 0 N–H and O–H groups in total. The van der Waals surface area contributed by atoms with Gasteiger partial charge in [-0.05, 0) is 49.2 Å². The van der Waals surface area contributed by atoms with E-state index < -0.39 is 0 Å². The highest BCUT2D eigenvalue weighted by Gasteiger charge is 2.17. The number of hydrogen-bond donors (Lipinski definition) is 0. The second-order valence-electron chi connectivity index (χ2n) is 7.25. The molecule has 0 radical (unpaired) electrons. The third kappa shape index (κ3) is 4.33. The zero-order valence-corrected chi connectivity index (χ0v) is 17.7. The number of aryl methyl sites for hydroxylation is 2. The molecule has 2 aromatic heterocycles. The van der Waals surface area contributed by atoms with E-state index >= 15 is 0 Å². The van der Waals surface area contributed by atoms with Gasteiger partial charge >= 0.3 is 0 Å². The number of rotatable bonds is 7. The molecule has 0 aliphatic carbocycles. The molecule has 0 amide bonds. The minimum absolute atomic E-state index is 0.0298. The molecule has 0 aliphatic heterocycles. The summed E-state index contributed by atoms with van der Waals surface area (Å²) in [6.45, 7) is 4.85. The molecule has 30 heavy (non-hydrogen) atoms. The van der Waals surface area contributed by atoms with Crippen molar-refractivity contribution in [1.82, 2.24) is 24.8 Å². The second kappa shape index (κ2) is 8.63. The van der Waals surface area contributed by atoms with E-state index in [1.165, 1.54) is 10.4 Å². The smallest absolute Gasteiger partial charge is 0.204 e. The predicted octanol–water partition coefficient (Wildman–Crippen LogP) is 4.54. The molecule has 2 heterocycles. The molecule has 0 saturated heterocycles. The van der Waals surface area contributed by atoms with Crippen LogP contribution in [0.15, 0.2) is 60.7 Å². The van der Waals surface area contributed by atoms with Gasteiger partial charge in [-0.15, -0.1) is 10.2 Å². The Bertz CT molecular complexity index is 1160. The summed E-state index contributed by atoms with van der Waals surface area (Å²) in [5, 5.41) is 13.2. The van der Waals surface area contributed by atoms with E-state index in [0.717, 1.165) is 34.9 Å². The van der Waals surface area contributed by atoms with Crippen LogP contribution < -0.4 is 0 Å². The molecule has 0 fully saturated rings. The Kier molecular flexibility index (Phi) is 5.77. The van der Waals surface area contributed by atoms with Gasteiger partial charge in [0.15, 0.2) is 5.78 Å². The number of Topliss-reactive ketones (excluding diaryl/α,β-unsaturated/α-hetero) is 1. The van der Waals surface area contributed by atoms with E-state index in [2.05, 4.69) is 20.0 Å². The standard InChI is InChI=1S/C23H22ClN5O/c1-16-14-21(17(2)28(16)13-12-18-8-10-20(24)11-9-18)22(30)15-29-26-23(25-27-29)19-6-4-3-5-7-19/h3-11,14H,12-13,15H2,1-2H3. The first-order valence-corrected chi connectivity index (χ1v) is 10.2. The lowest BCUT2D eigenvalue weighted by Gasteiger charge is -2.10. The molecule has 152 valence electrons. The maximum Gasteiger partial charge on any atom is 0.204 e. The number of benzene rings is 2. The molecular formula is C23H22ClN5O. The summed E-state index contributed by atoms with van der Waals surface area (Å²) in [5.41, 5.74) is 4.79. The van der Waals surface area contributed by atoms with E-state index in [1.54, 1.807) is 0 Å². The lowest BCUT2D eigenvalue weighted by molar-refractivity contribution is 0.0960. The number of halogens is 1. The largest absolute Gasteiger partial charge is 0.348 e. The van der Waals surface area contributed by atoms with Crippen LogP contribution in [0, 0.1) is 13.8 Å². The van der Waals surface area contributed by atoms with Gasteiger partial charge in [0.25, 0.3) is 0 Å². The van der Waals surface area contributed by atoms with Crippen molar-refractivity contribution in [2.24, 2.45) is 0 Å². The van der Waals surface area contributed by atoms with Crippen LogP contribution in [0.4, 0.5) is 0 Å². The average Bonchev–Trinajstić information content (AvgIpc) is 3.33. The minimum atomic E-state index is -0.0298. The Balaban J connectivity index is 1.46. The lowest BCUT2D eigenvalue weighted by Crippen LogP contribution is -2.14. The van der Waals surface area contributed by atoms with Crippen LogP contribution in [-0.2, 0) is 19.5 Å². The fraction of sp³-hybridized carbons (Fsp3) is 0.217. The molecule has 0 unspecified atom stereocenters. The summed E-state index contributed by atoms with van der Waals surface area (Å²) in [4.78, 5) is 14.3. The topological polar surface area (TPSA) is 65.6 Å². The SMILES string of the molecule is Cc1cc(C(=O)Cn2nnc(-c3ccccc3)n2)c(C)n1CCc1ccc(Cl)cc1. The molecule has 0 spiro atoms. The van der Waals surface area contributed by atoms with Gasteiger partial charge < -0.3 is 4.57 Å². The summed E-state index contributed by atoms with van der Waals surface area (Å²) in [6, 6.07) is 19.4. The monoisotopic (exact) mass is 419 g/mol. The molecule has 2 aromatic carbocycles. The van der Waals surface area contributed by atoms with Gasteiger partial charge in [-0.25, -0.2) is 0 Å². The van der Waals surface area contributed by atoms with Crippen LogP contribution in [0.5, 0.6) is 0 Å². The van der Waals surface area contributed by atoms with Crippen molar-refractivity contribution in [3.05, 3.63) is 88.2 Å². The van der Waals surface area contributed by atoms with Gasteiger partial charge in [-0.2, -0.15) is 4.80 Å². The van der Waals surface area contributed by atoms with E-state index in [-0.39, 0.29) is 12.3 Å². The summed E-state index contributed by atoms with van der Waals surface area (Å²) in [7, 11) is 0. The highest BCUT2D eigenvalue weighted by molar-refractivity contribution is 6.30. The van der Waals surface area contributed by atoms with Gasteiger partial charge in [-0.1, -0.05) is 54.1 Å². The number of ketones is 1. The van der Waals surface area contributed by atoms with Crippen molar-refractivity contribution < 1.29 is 4.79 Å². The molecule has 4 rings (SSSR count). The minimum Gasteiger partial charge on any atom is -0.348 e. The fourth-order valence-corrected chi connectivity index (χ4v) is 3.67. The van der Waals surface area contributed by atoms with E-state index in [1.807, 2.05) is 74.5 Å². The highest BCUT2D eigenvalue weighted by Crippen LogP contribution is 2.18. The quantitative estimate of drug-likeness (QED) is 0.412. The summed E-state index contributed by atoms with van der Waals surface area (Å²) < 4.78 is 2.17. The van der Waals surface area contributed by atoms with E-state index in [4.69, 9.17) is 11.6 Å². The maximum atomic E-state index is 12.9. The van der Waals surface area contributed by atoms with E-state index in [9.17, 15) is 4.79 Å². The first kappa shape index (κ1) is 20.0. The van der Waals surface area contributed by atoms with Crippen molar-refractivity contribution in [2.45, 2.75) is 33.4 Å². The Morgan fingerprint density at radius 1 is 1.03 bits per heavy atom.